The Morgan fingerprint density at radius 2 is 2.31 bits per heavy atom. The summed E-state index contributed by atoms with van der Waals surface area (Å²) in [7, 11) is 1.97. The third-order valence-corrected chi connectivity index (χ3v) is 3.57. The van der Waals surface area contributed by atoms with Crippen LogP contribution in [-0.4, -0.2) is 19.3 Å². The summed E-state index contributed by atoms with van der Waals surface area (Å²) in [6.45, 7) is 3.03. The number of nitrogens with one attached hydrogen (secondary N) is 1. The average molecular weight is 240 g/mol. The molecule has 0 spiro atoms. The van der Waals surface area contributed by atoms with E-state index < -0.39 is 0 Å². The molecule has 16 heavy (non-hydrogen) atoms. The predicted octanol–water partition coefficient (Wildman–Crippen LogP) is 3.17. The standard InChI is InChI=1S/C13H18ClNO/c1-13(7-4-8-16-13)12(15-2)10-5-3-6-11(14)9-10/h3,5-6,9,12,15H,4,7-8H2,1-2H3. The van der Waals surface area contributed by atoms with E-state index in [1.165, 1.54) is 5.56 Å². The minimum Gasteiger partial charge on any atom is -0.373 e. The van der Waals surface area contributed by atoms with Crippen molar-refractivity contribution in [1.29, 1.82) is 0 Å². The fourth-order valence-corrected chi connectivity index (χ4v) is 2.74. The van der Waals surface area contributed by atoms with Gasteiger partial charge in [-0.05, 0) is 44.5 Å². The van der Waals surface area contributed by atoms with E-state index in [4.69, 9.17) is 16.3 Å². The van der Waals surface area contributed by atoms with Gasteiger partial charge in [0.25, 0.3) is 0 Å². The summed E-state index contributed by atoms with van der Waals surface area (Å²) in [5.74, 6) is 0. The van der Waals surface area contributed by atoms with E-state index in [0.29, 0.717) is 0 Å². The van der Waals surface area contributed by atoms with E-state index in [9.17, 15) is 0 Å². The van der Waals surface area contributed by atoms with Gasteiger partial charge in [-0.3, -0.25) is 0 Å². The first-order chi connectivity index (χ1) is 7.65. The number of benzene rings is 1. The van der Waals surface area contributed by atoms with Gasteiger partial charge in [0.05, 0.1) is 11.6 Å². The number of likely N-dealkylation sites (N-methyl/N-ethyl adjacent to an activating group) is 1. The summed E-state index contributed by atoms with van der Waals surface area (Å²) >= 11 is 6.03. The first-order valence-corrected chi connectivity index (χ1v) is 6.10. The van der Waals surface area contributed by atoms with Gasteiger partial charge < -0.3 is 10.1 Å². The second-order valence-corrected chi connectivity index (χ2v) is 4.98. The number of hydrogen-bond acceptors (Lipinski definition) is 2. The molecule has 0 aromatic heterocycles. The van der Waals surface area contributed by atoms with Crippen molar-refractivity contribution in [3.63, 3.8) is 0 Å². The van der Waals surface area contributed by atoms with Crippen LogP contribution < -0.4 is 5.32 Å². The highest BCUT2D eigenvalue weighted by atomic mass is 35.5. The molecule has 2 atom stereocenters. The van der Waals surface area contributed by atoms with E-state index in [-0.39, 0.29) is 11.6 Å². The summed E-state index contributed by atoms with van der Waals surface area (Å²) in [5.41, 5.74) is 1.08. The van der Waals surface area contributed by atoms with Crippen LogP contribution in [0.5, 0.6) is 0 Å². The van der Waals surface area contributed by atoms with Crippen LogP contribution in [0.2, 0.25) is 5.02 Å². The van der Waals surface area contributed by atoms with Crippen molar-refractivity contribution in [2.75, 3.05) is 13.7 Å². The maximum atomic E-state index is 6.03. The molecule has 1 aromatic carbocycles. The lowest BCUT2D eigenvalue weighted by molar-refractivity contribution is -0.0104. The maximum Gasteiger partial charge on any atom is 0.0849 e. The molecule has 1 aliphatic heterocycles. The Kier molecular flexibility index (Phi) is 3.53. The molecular weight excluding hydrogens is 222 g/mol. The van der Waals surface area contributed by atoms with Gasteiger partial charge in [-0.1, -0.05) is 23.7 Å². The number of hydrogen-bond donors (Lipinski definition) is 1. The maximum absolute atomic E-state index is 6.03. The molecule has 0 bridgehead atoms. The summed E-state index contributed by atoms with van der Waals surface area (Å²) < 4.78 is 5.88. The van der Waals surface area contributed by atoms with Crippen molar-refractivity contribution < 1.29 is 4.74 Å². The zero-order valence-electron chi connectivity index (χ0n) is 9.79. The lowest BCUT2D eigenvalue weighted by Crippen LogP contribution is -2.39. The molecule has 1 aromatic rings. The Morgan fingerprint density at radius 1 is 1.50 bits per heavy atom. The van der Waals surface area contributed by atoms with Crippen LogP contribution in [0.4, 0.5) is 0 Å². The molecule has 1 saturated heterocycles. The second kappa shape index (κ2) is 4.74. The van der Waals surface area contributed by atoms with Gasteiger partial charge in [0.15, 0.2) is 0 Å². The SMILES string of the molecule is CNC(c1cccc(Cl)c1)C1(C)CCCO1. The summed E-state index contributed by atoms with van der Waals surface area (Å²) in [4.78, 5) is 0. The summed E-state index contributed by atoms with van der Waals surface area (Å²) in [6.07, 6.45) is 2.22. The Bertz CT molecular complexity index is 361. The molecule has 0 amide bonds. The Labute approximate surface area is 102 Å². The molecule has 88 valence electrons. The second-order valence-electron chi connectivity index (χ2n) is 4.54. The molecule has 0 aliphatic carbocycles. The van der Waals surface area contributed by atoms with Gasteiger partial charge in [-0.15, -0.1) is 0 Å². The first kappa shape index (κ1) is 11.9. The molecule has 2 rings (SSSR count). The third kappa shape index (κ3) is 2.24. The van der Waals surface area contributed by atoms with Gasteiger partial charge in [-0.2, -0.15) is 0 Å². The van der Waals surface area contributed by atoms with Gasteiger partial charge in [0.2, 0.25) is 0 Å². The van der Waals surface area contributed by atoms with E-state index in [2.05, 4.69) is 18.3 Å². The Balaban J connectivity index is 2.28. The normalized spacial score (nSPS) is 26.9. The average Bonchev–Trinajstić information content (AvgIpc) is 2.67. The zero-order valence-corrected chi connectivity index (χ0v) is 10.6. The van der Waals surface area contributed by atoms with Crippen LogP contribution in [0.1, 0.15) is 31.4 Å². The molecule has 3 heteroatoms. The summed E-state index contributed by atoms with van der Waals surface area (Å²) in [6, 6.07) is 8.19. The van der Waals surface area contributed by atoms with Crippen LogP contribution in [0.3, 0.4) is 0 Å². The number of ether oxygens (including phenoxy) is 1. The molecule has 0 radical (unpaired) electrons. The third-order valence-electron chi connectivity index (χ3n) is 3.33. The quantitative estimate of drug-likeness (QED) is 0.875. The number of rotatable bonds is 3. The highest BCUT2D eigenvalue weighted by Crippen LogP contribution is 2.37. The highest BCUT2D eigenvalue weighted by Gasteiger charge is 2.38. The molecule has 2 unspecified atom stereocenters. The zero-order chi connectivity index (χ0) is 11.6. The molecule has 1 aliphatic rings. The van der Waals surface area contributed by atoms with Gasteiger partial charge in [0.1, 0.15) is 0 Å². The van der Waals surface area contributed by atoms with Crippen LogP contribution in [-0.2, 0) is 4.74 Å². The van der Waals surface area contributed by atoms with Crippen molar-refractivity contribution >= 4 is 11.6 Å². The van der Waals surface area contributed by atoms with E-state index in [1.54, 1.807) is 0 Å². The molecule has 2 nitrogen and oxygen atoms in total. The van der Waals surface area contributed by atoms with Crippen molar-refractivity contribution in [2.24, 2.45) is 0 Å². The van der Waals surface area contributed by atoms with E-state index in [1.807, 2.05) is 25.2 Å². The van der Waals surface area contributed by atoms with Crippen molar-refractivity contribution in [3.8, 4) is 0 Å². The summed E-state index contributed by atoms with van der Waals surface area (Å²) in [5, 5.41) is 4.12. The Morgan fingerprint density at radius 3 is 2.88 bits per heavy atom. The smallest absolute Gasteiger partial charge is 0.0849 e. The monoisotopic (exact) mass is 239 g/mol. The van der Waals surface area contributed by atoms with Gasteiger partial charge in [-0.25, -0.2) is 0 Å². The predicted molar refractivity (Wildman–Crippen MR) is 66.8 cm³/mol. The van der Waals surface area contributed by atoms with Crippen molar-refractivity contribution in [2.45, 2.75) is 31.4 Å². The minimum atomic E-state index is -0.112. The van der Waals surface area contributed by atoms with Gasteiger partial charge >= 0.3 is 0 Å². The number of halogens is 1. The molecule has 1 heterocycles. The van der Waals surface area contributed by atoms with Crippen molar-refractivity contribution in [3.05, 3.63) is 34.9 Å². The largest absolute Gasteiger partial charge is 0.373 e. The van der Waals surface area contributed by atoms with Crippen molar-refractivity contribution in [1.82, 2.24) is 5.32 Å². The molecule has 1 fully saturated rings. The van der Waals surface area contributed by atoms with Crippen LogP contribution in [0.25, 0.3) is 0 Å². The first-order valence-electron chi connectivity index (χ1n) is 5.72. The fraction of sp³-hybridized carbons (Fsp3) is 0.538. The molecular formula is C13H18ClNO. The molecule has 1 N–H and O–H groups in total. The van der Waals surface area contributed by atoms with E-state index >= 15 is 0 Å². The van der Waals surface area contributed by atoms with Gasteiger partial charge in [0, 0.05) is 11.6 Å². The van der Waals surface area contributed by atoms with Crippen LogP contribution in [0, 0.1) is 0 Å². The van der Waals surface area contributed by atoms with E-state index in [0.717, 1.165) is 24.5 Å². The Hall–Kier alpha value is -0.570. The topological polar surface area (TPSA) is 21.3 Å². The lowest BCUT2D eigenvalue weighted by Gasteiger charge is -2.33. The highest BCUT2D eigenvalue weighted by molar-refractivity contribution is 6.30. The fourth-order valence-electron chi connectivity index (χ4n) is 2.54. The molecule has 0 saturated carbocycles. The van der Waals surface area contributed by atoms with Crippen LogP contribution >= 0.6 is 11.6 Å². The van der Waals surface area contributed by atoms with Crippen LogP contribution in [0.15, 0.2) is 24.3 Å². The lowest BCUT2D eigenvalue weighted by atomic mass is 9.88. The minimum absolute atomic E-state index is 0.112.